The fourth-order valence-electron chi connectivity index (χ4n) is 2.76. The maximum absolute atomic E-state index is 11.7. The quantitative estimate of drug-likeness (QED) is 0.628. The van der Waals surface area contributed by atoms with Gasteiger partial charge in [-0.3, -0.25) is 0 Å². The van der Waals surface area contributed by atoms with Crippen LogP contribution in [-0.4, -0.2) is 34.7 Å². The molecule has 0 spiro atoms. The van der Waals surface area contributed by atoms with E-state index in [1.165, 1.54) is 0 Å². The number of imidazole rings is 1. The Labute approximate surface area is 147 Å². The average molecular weight is 361 g/mol. The van der Waals surface area contributed by atoms with Crippen LogP contribution < -0.4 is 10.5 Å². The number of anilines is 1. The number of nitrogen functional groups attached to an aromatic ring is 1. The number of aromatic nitrogens is 3. The largest absolute Gasteiger partial charge is 0.382 e. The predicted molar refractivity (Wildman–Crippen MR) is 101 cm³/mol. The molecule has 0 aliphatic heterocycles. The number of unbranched alkanes of at least 4 members (excludes halogenated alkanes) is 1. The number of pyridine rings is 1. The third-order valence-electron chi connectivity index (χ3n) is 4.23. The van der Waals surface area contributed by atoms with Crippen molar-refractivity contribution in [2.75, 3.05) is 12.3 Å². The normalized spacial score (nSPS) is 12.4. The molecule has 0 aliphatic carbocycles. The number of nitrogens with one attached hydrogen (secondary N) is 1. The van der Waals surface area contributed by atoms with E-state index in [-0.39, 0.29) is 0 Å². The first kappa shape index (κ1) is 17.6. The van der Waals surface area contributed by atoms with E-state index in [9.17, 15) is 8.42 Å². The molecule has 0 amide bonds. The Morgan fingerprint density at radius 1 is 1.24 bits per heavy atom. The van der Waals surface area contributed by atoms with Gasteiger partial charge in [0.05, 0.1) is 22.6 Å². The molecular formula is C17H23N5O2S. The number of benzene rings is 1. The smallest absolute Gasteiger partial charge is 0.213 e. The molecule has 134 valence electrons. The van der Waals surface area contributed by atoms with Gasteiger partial charge in [0.2, 0.25) is 10.0 Å². The summed E-state index contributed by atoms with van der Waals surface area (Å²) in [5, 5.41) is 0.608. The molecule has 0 radical (unpaired) electrons. The Balaban J connectivity index is 1.73. The molecule has 0 fully saturated rings. The number of rotatable bonds is 7. The summed E-state index contributed by atoms with van der Waals surface area (Å²) in [6.07, 6.45) is 3.36. The van der Waals surface area contributed by atoms with Gasteiger partial charge in [-0.05, 0) is 32.8 Å². The van der Waals surface area contributed by atoms with Crippen molar-refractivity contribution in [2.45, 2.75) is 38.5 Å². The highest BCUT2D eigenvalue weighted by Crippen LogP contribution is 2.27. The van der Waals surface area contributed by atoms with Gasteiger partial charge in [0, 0.05) is 18.5 Å². The number of hydrogen-bond donors (Lipinski definition) is 2. The Bertz CT molecular complexity index is 995. The van der Waals surface area contributed by atoms with Crippen molar-refractivity contribution in [3.8, 4) is 0 Å². The Hall–Kier alpha value is -2.19. The van der Waals surface area contributed by atoms with Crippen LogP contribution in [-0.2, 0) is 16.6 Å². The molecule has 3 aromatic rings. The lowest BCUT2D eigenvalue weighted by molar-refractivity contribution is 0.561. The molecule has 1 aromatic carbocycles. The first-order valence-electron chi connectivity index (χ1n) is 8.37. The summed E-state index contributed by atoms with van der Waals surface area (Å²) in [4.78, 5) is 8.79. The van der Waals surface area contributed by atoms with E-state index in [1.807, 2.05) is 24.3 Å². The van der Waals surface area contributed by atoms with Crippen LogP contribution in [0.15, 0.2) is 30.6 Å². The summed E-state index contributed by atoms with van der Waals surface area (Å²) in [7, 11) is -3.20. The standard InChI is InChI=1S/C17H23N5O2S/c1-12(2)25(23,24)20-9-5-6-10-22-11-19-15-16(22)13-7-3-4-8-14(13)21-17(15)18/h3-4,7-8,11-12,20H,5-6,9-10H2,1-2H3,(H2,18,21). The number of nitrogens with zero attached hydrogens (tertiary/aromatic N) is 3. The van der Waals surface area contributed by atoms with Crippen molar-refractivity contribution in [3.63, 3.8) is 0 Å². The number of sulfonamides is 1. The zero-order valence-electron chi connectivity index (χ0n) is 14.4. The Morgan fingerprint density at radius 3 is 2.76 bits per heavy atom. The maximum atomic E-state index is 11.7. The van der Waals surface area contributed by atoms with Crippen LogP contribution in [0.4, 0.5) is 5.82 Å². The molecule has 0 saturated heterocycles. The molecule has 0 unspecified atom stereocenters. The molecule has 7 nitrogen and oxygen atoms in total. The van der Waals surface area contributed by atoms with Crippen LogP contribution in [0.3, 0.4) is 0 Å². The molecule has 0 aliphatic rings. The van der Waals surface area contributed by atoms with Crippen molar-refractivity contribution < 1.29 is 8.42 Å². The third-order valence-corrected chi connectivity index (χ3v) is 6.08. The predicted octanol–water partition coefficient (Wildman–Crippen LogP) is 2.27. The van der Waals surface area contributed by atoms with Gasteiger partial charge in [-0.15, -0.1) is 0 Å². The number of hydrogen-bond acceptors (Lipinski definition) is 5. The zero-order valence-corrected chi connectivity index (χ0v) is 15.3. The fraction of sp³-hybridized carbons (Fsp3) is 0.412. The van der Waals surface area contributed by atoms with Gasteiger partial charge in [-0.2, -0.15) is 0 Å². The average Bonchev–Trinajstić information content (AvgIpc) is 2.99. The lowest BCUT2D eigenvalue weighted by Crippen LogP contribution is -2.31. The summed E-state index contributed by atoms with van der Waals surface area (Å²) in [5.41, 5.74) is 8.56. The molecule has 2 aromatic heterocycles. The van der Waals surface area contributed by atoms with Crippen molar-refractivity contribution in [3.05, 3.63) is 30.6 Å². The minimum absolute atomic E-state index is 0.410. The van der Waals surface area contributed by atoms with Gasteiger partial charge in [-0.25, -0.2) is 23.1 Å². The van der Waals surface area contributed by atoms with Crippen molar-refractivity contribution in [1.29, 1.82) is 0 Å². The summed E-state index contributed by atoms with van der Waals surface area (Å²) in [6.45, 7) is 4.53. The highest BCUT2D eigenvalue weighted by atomic mass is 32.2. The second-order valence-corrected chi connectivity index (χ2v) is 8.67. The Morgan fingerprint density at radius 2 is 2.00 bits per heavy atom. The molecule has 0 saturated carbocycles. The molecule has 8 heteroatoms. The number of fused-ring (bicyclic) bond motifs is 3. The van der Waals surface area contributed by atoms with Gasteiger partial charge in [0.15, 0.2) is 5.82 Å². The lowest BCUT2D eigenvalue weighted by atomic mass is 10.2. The SMILES string of the molecule is CC(C)S(=O)(=O)NCCCCn1cnc2c(N)nc3ccccc3c21. The van der Waals surface area contributed by atoms with E-state index in [0.717, 1.165) is 35.8 Å². The van der Waals surface area contributed by atoms with Crippen LogP contribution in [0.5, 0.6) is 0 Å². The van der Waals surface area contributed by atoms with E-state index in [2.05, 4.69) is 19.3 Å². The van der Waals surface area contributed by atoms with Gasteiger partial charge in [-0.1, -0.05) is 18.2 Å². The molecule has 0 bridgehead atoms. The molecule has 3 rings (SSSR count). The molecule has 2 heterocycles. The van der Waals surface area contributed by atoms with Crippen LogP contribution in [0.1, 0.15) is 26.7 Å². The Kier molecular flexibility index (Phi) is 4.91. The topological polar surface area (TPSA) is 103 Å². The van der Waals surface area contributed by atoms with Gasteiger partial charge >= 0.3 is 0 Å². The summed E-state index contributed by atoms with van der Waals surface area (Å²) in [5.74, 6) is 0.428. The second kappa shape index (κ2) is 6.97. The third kappa shape index (κ3) is 3.59. The van der Waals surface area contributed by atoms with Crippen molar-refractivity contribution in [1.82, 2.24) is 19.3 Å². The minimum Gasteiger partial charge on any atom is -0.382 e. The maximum Gasteiger partial charge on any atom is 0.213 e. The molecular weight excluding hydrogens is 338 g/mol. The highest BCUT2D eigenvalue weighted by molar-refractivity contribution is 7.90. The highest BCUT2D eigenvalue weighted by Gasteiger charge is 2.14. The number of aryl methyl sites for hydroxylation is 1. The molecule has 25 heavy (non-hydrogen) atoms. The summed E-state index contributed by atoms with van der Waals surface area (Å²) < 4.78 is 28.2. The van der Waals surface area contributed by atoms with E-state index in [4.69, 9.17) is 5.73 Å². The van der Waals surface area contributed by atoms with Crippen LogP contribution in [0.25, 0.3) is 21.9 Å². The number of para-hydroxylation sites is 1. The molecule has 3 N–H and O–H groups in total. The number of nitrogens with two attached hydrogens (primary N) is 1. The molecule has 0 atom stereocenters. The van der Waals surface area contributed by atoms with E-state index in [1.54, 1.807) is 20.2 Å². The van der Waals surface area contributed by atoms with E-state index >= 15 is 0 Å². The fourth-order valence-corrected chi connectivity index (χ4v) is 3.53. The van der Waals surface area contributed by atoms with Crippen molar-refractivity contribution in [2.24, 2.45) is 0 Å². The minimum atomic E-state index is -3.20. The van der Waals surface area contributed by atoms with Crippen LogP contribution in [0, 0.1) is 0 Å². The van der Waals surface area contributed by atoms with Crippen LogP contribution >= 0.6 is 0 Å². The summed E-state index contributed by atoms with van der Waals surface area (Å²) >= 11 is 0. The van der Waals surface area contributed by atoms with Gasteiger partial charge in [0.25, 0.3) is 0 Å². The van der Waals surface area contributed by atoms with Gasteiger partial charge < -0.3 is 10.3 Å². The van der Waals surface area contributed by atoms with E-state index < -0.39 is 15.3 Å². The van der Waals surface area contributed by atoms with Gasteiger partial charge in [0.1, 0.15) is 5.52 Å². The first-order chi connectivity index (χ1) is 11.9. The zero-order chi connectivity index (χ0) is 18.0. The van der Waals surface area contributed by atoms with Crippen molar-refractivity contribution >= 4 is 37.8 Å². The van der Waals surface area contributed by atoms with E-state index in [0.29, 0.717) is 17.9 Å². The van der Waals surface area contributed by atoms with Crippen LogP contribution in [0.2, 0.25) is 0 Å². The first-order valence-corrected chi connectivity index (χ1v) is 9.92. The lowest BCUT2D eigenvalue weighted by Gasteiger charge is -2.10. The monoisotopic (exact) mass is 361 g/mol. The second-order valence-electron chi connectivity index (χ2n) is 6.34. The summed E-state index contributed by atoms with van der Waals surface area (Å²) in [6, 6.07) is 7.85.